The molecule has 130 valence electrons. The lowest BCUT2D eigenvalue weighted by Gasteiger charge is -2.23. The molecular formula is C20H18N4OS. The van der Waals surface area contributed by atoms with Gasteiger partial charge in [-0.3, -0.25) is 4.79 Å². The minimum absolute atomic E-state index is 0.0662. The number of anilines is 1. The summed E-state index contributed by atoms with van der Waals surface area (Å²) in [5.41, 5.74) is 2.20. The number of thiazole rings is 1. The molecule has 2 aromatic heterocycles. The zero-order chi connectivity index (χ0) is 18.1. The average Bonchev–Trinajstić information content (AvgIpc) is 3.28. The molecule has 2 heterocycles. The highest BCUT2D eigenvalue weighted by atomic mass is 32.1. The van der Waals surface area contributed by atoms with Crippen LogP contribution in [0.3, 0.4) is 0 Å². The Labute approximate surface area is 155 Å². The van der Waals surface area contributed by atoms with E-state index >= 15 is 0 Å². The number of hydrogen-bond donors (Lipinski definition) is 2. The van der Waals surface area contributed by atoms with Gasteiger partial charge in [0.15, 0.2) is 10.8 Å². The number of nitrogens with one attached hydrogen (secondary N) is 2. The highest BCUT2D eigenvalue weighted by Gasteiger charge is 2.30. The predicted octanol–water partition coefficient (Wildman–Crippen LogP) is 4.60. The van der Waals surface area contributed by atoms with Crippen LogP contribution in [0.2, 0.25) is 0 Å². The summed E-state index contributed by atoms with van der Waals surface area (Å²) in [4.78, 5) is 25.0. The molecule has 0 aliphatic carbocycles. The molecule has 4 rings (SSSR count). The molecule has 0 atom stereocenters. The van der Waals surface area contributed by atoms with E-state index in [1.807, 2.05) is 68.4 Å². The van der Waals surface area contributed by atoms with Crippen LogP contribution in [0.4, 0.5) is 5.00 Å². The maximum Gasteiger partial charge on any atom is 0.235 e. The Morgan fingerprint density at radius 3 is 2.58 bits per heavy atom. The third-order valence-electron chi connectivity index (χ3n) is 4.40. The van der Waals surface area contributed by atoms with Gasteiger partial charge in [0.25, 0.3) is 0 Å². The minimum atomic E-state index is -0.634. The van der Waals surface area contributed by atoms with Crippen molar-refractivity contribution in [3.63, 3.8) is 0 Å². The summed E-state index contributed by atoms with van der Waals surface area (Å²) >= 11 is 1.40. The third kappa shape index (κ3) is 2.99. The SMILES string of the molecule is CC(C)(C(=O)Nc1cnc(-c2nc3ccccc3[nH]2)s1)c1ccccc1. The van der Waals surface area contributed by atoms with Gasteiger partial charge in [0, 0.05) is 0 Å². The first-order valence-electron chi connectivity index (χ1n) is 8.32. The number of carbonyl (C=O) groups is 1. The number of aromatic nitrogens is 3. The van der Waals surface area contributed by atoms with Gasteiger partial charge >= 0.3 is 0 Å². The number of rotatable bonds is 4. The second kappa shape index (κ2) is 6.38. The number of amides is 1. The predicted molar refractivity (Wildman–Crippen MR) is 105 cm³/mol. The summed E-state index contributed by atoms with van der Waals surface area (Å²) in [6, 6.07) is 17.6. The van der Waals surface area contributed by atoms with Crippen molar-refractivity contribution in [3.8, 4) is 10.8 Å². The Morgan fingerprint density at radius 2 is 1.81 bits per heavy atom. The number of hydrogen-bond acceptors (Lipinski definition) is 4. The van der Waals surface area contributed by atoms with Gasteiger partial charge in [-0.05, 0) is 31.5 Å². The third-order valence-corrected chi connectivity index (χ3v) is 5.32. The Kier molecular flexibility index (Phi) is 4.05. The molecule has 0 saturated carbocycles. The van der Waals surface area contributed by atoms with E-state index in [1.54, 1.807) is 6.20 Å². The highest BCUT2D eigenvalue weighted by molar-refractivity contribution is 7.19. The number of fused-ring (bicyclic) bond motifs is 1. The second-order valence-electron chi connectivity index (χ2n) is 6.58. The molecule has 1 amide bonds. The van der Waals surface area contributed by atoms with Crippen molar-refractivity contribution in [3.05, 3.63) is 66.4 Å². The molecule has 0 aliphatic rings. The fourth-order valence-corrected chi connectivity index (χ4v) is 3.51. The van der Waals surface area contributed by atoms with E-state index in [9.17, 15) is 4.79 Å². The lowest BCUT2D eigenvalue weighted by atomic mass is 9.84. The molecule has 0 saturated heterocycles. The molecule has 0 bridgehead atoms. The van der Waals surface area contributed by atoms with Crippen LogP contribution in [0, 0.1) is 0 Å². The summed E-state index contributed by atoms with van der Waals surface area (Å²) in [5.74, 6) is 0.641. The Morgan fingerprint density at radius 1 is 1.08 bits per heavy atom. The van der Waals surface area contributed by atoms with Crippen LogP contribution in [0.1, 0.15) is 19.4 Å². The van der Waals surface area contributed by atoms with Gasteiger partial charge in [0.1, 0.15) is 5.00 Å². The zero-order valence-electron chi connectivity index (χ0n) is 14.5. The summed E-state index contributed by atoms with van der Waals surface area (Å²) in [5, 5.41) is 4.43. The first kappa shape index (κ1) is 16.5. The number of aromatic amines is 1. The fraction of sp³-hybridized carbons (Fsp3) is 0.150. The number of carbonyl (C=O) groups excluding carboxylic acids is 1. The first-order chi connectivity index (χ1) is 12.5. The zero-order valence-corrected chi connectivity index (χ0v) is 15.3. The number of nitrogens with zero attached hydrogens (tertiary/aromatic N) is 2. The topological polar surface area (TPSA) is 70.7 Å². The summed E-state index contributed by atoms with van der Waals surface area (Å²) in [7, 11) is 0. The van der Waals surface area contributed by atoms with Gasteiger partial charge < -0.3 is 10.3 Å². The van der Waals surface area contributed by atoms with Crippen LogP contribution in [-0.4, -0.2) is 20.9 Å². The number of benzene rings is 2. The summed E-state index contributed by atoms with van der Waals surface area (Å²) < 4.78 is 0. The smallest absolute Gasteiger partial charge is 0.235 e. The Bertz CT molecular complexity index is 1030. The number of H-pyrrole nitrogens is 1. The van der Waals surface area contributed by atoms with Crippen molar-refractivity contribution >= 4 is 33.3 Å². The van der Waals surface area contributed by atoms with Crippen molar-refractivity contribution in [1.82, 2.24) is 15.0 Å². The molecule has 0 radical (unpaired) electrons. The Hall–Kier alpha value is -2.99. The van der Waals surface area contributed by atoms with E-state index in [0.717, 1.165) is 21.6 Å². The van der Waals surface area contributed by atoms with E-state index in [-0.39, 0.29) is 5.91 Å². The van der Waals surface area contributed by atoms with Crippen molar-refractivity contribution < 1.29 is 4.79 Å². The lowest BCUT2D eigenvalue weighted by molar-refractivity contribution is -0.120. The van der Waals surface area contributed by atoms with E-state index in [2.05, 4.69) is 20.3 Å². The van der Waals surface area contributed by atoms with Crippen LogP contribution >= 0.6 is 11.3 Å². The molecule has 2 N–H and O–H groups in total. The van der Waals surface area contributed by atoms with Crippen molar-refractivity contribution in [2.45, 2.75) is 19.3 Å². The van der Waals surface area contributed by atoms with Gasteiger partial charge in [0.2, 0.25) is 5.91 Å². The van der Waals surface area contributed by atoms with Gasteiger partial charge in [-0.15, -0.1) is 0 Å². The van der Waals surface area contributed by atoms with Crippen molar-refractivity contribution in [2.75, 3.05) is 5.32 Å². The molecule has 4 aromatic rings. The second-order valence-corrected chi connectivity index (χ2v) is 7.61. The maximum absolute atomic E-state index is 12.8. The maximum atomic E-state index is 12.8. The number of imidazole rings is 1. The van der Waals surface area contributed by atoms with Crippen LogP contribution < -0.4 is 5.32 Å². The molecule has 6 heteroatoms. The molecule has 0 unspecified atom stereocenters. The normalized spacial score (nSPS) is 11.6. The fourth-order valence-electron chi connectivity index (χ4n) is 2.75. The monoisotopic (exact) mass is 362 g/mol. The lowest BCUT2D eigenvalue weighted by Crippen LogP contribution is -2.34. The van der Waals surface area contributed by atoms with Crippen LogP contribution in [-0.2, 0) is 10.2 Å². The van der Waals surface area contributed by atoms with Crippen molar-refractivity contribution in [1.29, 1.82) is 0 Å². The van der Waals surface area contributed by atoms with E-state index in [0.29, 0.717) is 10.8 Å². The molecule has 0 aliphatic heterocycles. The number of para-hydroxylation sites is 2. The van der Waals surface area contributed by atoms with Crippen LogP contribution in [0.5, 0.6) is 0 Å². The van der Waals surface area contributed by atoms with Gasteiger partial charge in [-0.25, -0.2) is 9.97 Å². The molecule has 0 spiro atoms. The molecule has 2 aromatic carbocycles. The summed E-state index contributed by atoms with van der Waals surface area (Å²) in [6.07, 6.45) is 1.67. The molecule has 5 nitrogen and oxygen atoms in total. The summed E-state index contributed by atoms with van der Waals surface area (Å²) in [6.45, 7) is 3.83. The van der Waals surface area contributed by atoms with Crippen LogP contribution in [0.15, 0.2) is 60.8 Å². The molecular weight excluding hydrogens is 344 g/mol. The van der Waals surface area contributed by atoms with Gasteiger partial charge in [-0.2, -0.15) is 0 Å². The van der Waals surface area contributed by atoms with Crippen molar-refractivity contribution in [2.24, 2.45) is 0 Å². The van der Waals surface area contributed by atoms with Crippen LogP contribution in [0.25, 0.3) is 21.9 Å². The van der Waals surface area contributed by atoms with E-state index < -0.39 is 5.41 Å². The van der Waals surface area contributed by atoms with E-state index in [1.165, 1.54) is 11.3 Å². The quantitative estimate of drug-likeness (QED) is 0.557. The standard InChI is InChI=1S/C20H18N4OS/c1-20(2,13-8-4-3-5-9-13)19(25)24-16-12-21-18(26-16)17-22-14-10-6-7-11-15(14)23-17/h3-12H,1-2H3,(H,22,23)(H,24,25). The van der Waals surface area contributed by atoms with E-state index in [4.69, 9.17) is 0 Å². The Balaban J connectivity index is 1.56. The molecule has 26 heavy (non-hydrogen) atoms. The minimum Gasteiger partial charge on any atom is -0.336 e. The average molecular weight is 362 g/mol. The molecule has 0 fully saturated rings. The largest absolute Gasteiger partial charge is 0.336 e. The van der Waals surface area contributed by atoms with Gasteiger partial charge in [0.05, 0.1) is 22.6 Å². The van der Waals surface area contributed by atoms with Gasteiger partial charge in [-0.1, -0.05) is 53.8 Å². The first-order valence-corrected chi connectivity index (χ1v) is 9.13. The highest BCUT2D eigenvalue weighted by Crippen LogP contribution is 2.30.